The molecule has 1 unspecified atom stereocenters. The number of aromatic nitrogens is 4. The van der Waals surface area contributed by atoms with Crippen LogP contribution in [-0.2, 0) is 11.3 Å². The van der Waals surface area contributed by atoms with Gasteiger partial charge in [0.25, 0.3) is 0 Å². The average molecular weight is 368 g/mol. The molecule has 2 atom stereocenters. The van der Waals surface area contributed by atoms with Crippen LogP contribution in [0.25, 0.3) is 0 Å². The second-order valence-corrected chi connectivity index (χ2v) is 6.78. The molecule has 8 heteroatoms. The van der Waals surface area contributed by atoms with Gasteiger partial charge in [0, 0.05) is 18.8 Å². The lowest BCUT2D eigenvalue weighted by Gasteiger charge is -2.41. The van der Waals surface area contributed by atoms with Gasteiger partial charge >= 0.3 is 0 Å². The van der Waals surface area contributed by atoms with E-state index in [9.17, 15) is 0 Å². The Kier molecular flexibility index (Phi) is 3.98. The standard InChI is InChI=1S/C14H18BrN5O2/c15-10-5-16-20(6-10)8-13-17-14(18-22-13)12-7-19-4-2-1-3-11(19)9-21-12/h5-6,11-12H,1-4,7-9H2/t11?,12-/m1/s1. The van der Waals surface area contributed by atoms with E-state index < -0.39 is 0 Å². The first-order valence-corrected chi connectivity index (χ1v) is 8.43. The first kappa shape index (κ1) is 14.3. The third-order valence-electron chi connectivity index (χ3n) is 4.31. The van der Waals surface area contributed by atoms with Crippen LogP contribution >= 0.6 is 15.9 Å². The molecule has 0 radical (unpaired) electrons. The molecular formula is C14H18BrN5O2. The van der Waals surface area contributed by atoms with Crippen LogP contribution in [0.15, 0.2) is 21.4 Å². The molecule has 7 nitrogen and oxygen atoms in total. The predicted molar refractivity (Wildman–Crippen MR) is 81.2 cm³/mol. The van der Waals surface area contributed by atoms with E-state index in [1.807, 2.05) is 6.20 Å². The van der Waals surface area contributed by atoms with Crippen molar-refractivity contribution in [3.63, 3.8) is 0 Å². The molecule has 2 aromatic heterocycles. The van der Waals surface area contributed by atoms with Gasteiger partial charge < -0.3 is 9.26 Å². The number of rotatable bonds is 3. The highest BCUT2D eigenvalue weighted by molar-refractivity contribution is 9.10. The number of ether oxygens (including phenoxy) is 1. The van der Waals surface area contributed by atoms with Crippen LogP contribution in [0.5, 0.6) is 0 Å². The summed E-state index contributed by atoms with van der Waals surface area (Å²) in [5.74, 6) is 1.19. The Bertz CT molecular complexity index is 643. The number of morpholine rings is 1. The van der Waals surface area contributed by atoms with Crippen molar-refractivity contribution in [1.29, 1.82) is 0 Å². The zero-order chi connectivity index (χ0) is 14.9. The number of halogens is 1. The topological polar surface area (TPSA) is 69.2 Å². The van der Waals surface area contributed by atoms with Gasteiger partial charge in [0.1, 0.15) is 12.6 Å². The maximum absolute atomic E-state index is 5.94. The average Bonchev–Trinajstić information content (AvgIpc) is 3.16. The summed E-state index contributed by atoms with van der Waals surface area (Å²) >= 11 is 3.37. The van der Waals surface area contributed by atoms with Crippen LogP contribution < -0.4 is 0 Å². The highest BCUT2D eigenvalue weighted by atomic mass is 79.9. The van der Waals surface area contributed by atoms with Gasteiger partial charge in [-0.3, -0.25) is 9.58 Å². The Balaban J connectivity index is 1.43. The summed E-state index contributed by atoms with van der Waals surface area (Å²) in [6, 6.07) is 0.567. The van der Waals surface area contributed by atoms with Crippen molar-refractivity contribution in [2.75, 3.05) is 19.7 Å². The Hall–Kier alpha value is -1.25. The summed E-state index contributed by atoms with van der Waals surface area (Å²) in [5.41, 5.74) is 0. The first-order chi connectivity index (χ1) is 10.8. The molecule has 2 aliphatic rings. The molecule has 4 heterocycles. The highest BCUT2D eigenvalue weighted by Crippen LogP contribution is 2.28. The molecule has 0 spiro atoms. The van der Waals surface area contributed by atoms with Crippen molar-refractivity contribution in [3.8, 4) is 0 Å². The van der Waals surface area contributed by atoms with E-state index in [4.69, 9.17) is 9.26 Å². The minimum absolute atomic E-state index is 0.0868. The van der Waals surface area contributed by atoms with Gasteiger partial charge in [0.2, 0.25) is 11.7 Å². The minimum Gasteiger partial charge on any atom is -0.367 e. The molecule has 0 bridgehead atoms. The van der Waals surface area contributed by atoms with Crippen molar-refractivity contribution < 1.29 is 9.26 Å². The van der Waals surface area contributed by atoms with Crippen molar-refractivity contribution in [2.24, 2.45) is 0 Å². The molecule has 118 valence electrons. The lowest BCUT2D eigenvalue weighted by atomic mass is 10.0. The van der Waals surface area contributed by atoms with E-state index >= 15 is 0 Å². The third kappa shape index (κ3) is 2.95. The zero-order valence-corrected chi connectivity index (χ0v) is 13.8. The maximum atomic E-state index is 5.94. The number of piperidine rings is 1. The van der Waals surface area contributed by atoms with E-state index in [0.717, 1.165) is 24.2 Å². The van der Waals surface area contributed by atoms with Crippen molar-refractivity contribution >= 4 is 15.9 Å². The number of hydrogen-bond donors (Lipinski definition) is 0. The lowest BCUT2D eigenvalue weighted by molar-refractivity contribution is -0.0805. The fraction of sp³-hybridized carbons (Fsp3) is 0.643. The number of nitrogens with zero attached hydrogens (tertiary/aromatic N) is 5. The van der Waals surface area contributed by atoms with Gasteiger partial charge in [-0.25, -0.2) is 0 Å². The summed E-state index contributed by atoms with van der Waals surface area (Å²) in [6.07, 6.45) is 7.34. The lowest BCUT2D eigenvalue weighted by Crippen LogP contribution is -2.49. The second-order valence-electron chi connectivity index (χ2n) is 5.87. The minimum atomic E-state index is -0.0868. The Labute approximate surface area is 136 Å². The van der Waals surface area contributed by atoms with E-state index in [2.05, 4.69) is 36.1 Å². The smallest absolute Gasteiger partial charge is 0.248 e. The summed E-state index contributed by atoms with van der Waals surface area (Å²) in [5, 5.41) is 8.28. The number of hydrogen-bond acceptors (Lipinski definition) is 6. The highest BCUT2D eigenvalue weighted by Gasteiger charge is 2.33. The van der Waals surface area contributed by atoms with Crippen LogP contribution in [0, 0.1) is 0 Å². The van der Waals surface area contributed by atoms with Gasteiger partial charge in [-0.2, -0.15) is 10.1 Å². The fourth-order valence-corrected chi connectivity index (χ4v) is 3.49. The Morgan fingerprint density at radius 3 is 3.18 bits per heavy atom. The molecule has 0 aliphatic carbocycles. The molecule has 0 saturated carbocycles. The summed E-state index contributed by atoms with van der Waals surface area (Å²) in [4.78, 5) is 6.97. The van der Waals surface area contributed by atoms with Crippen molar-refractivity contribution in [3.05, 3.63) is 28.6 Å². The molecule has 4 rings (SSSR count). The van der Waals surface area contributed by atoms with Gasteiger partial charge in [-0.05, 0) is 35.3 Å². The predicted octanol–water partition coefficient (Wildman–Crippen LogP) is 2.00. The second kappa shape index (κ2) is 6.10. The van der Waals surface area contributed by atoms with Gasteiger partial charge in [0.15, 0.2) is 0 Å². The molecule has 2 aromatic rings. The maximum Gasteiger partial charge on any atom is 0.248 e. The van der Waals surface area contributed by atoms with E-state index in [1.165, 1.54) is 19.3 Å². The van der Waals surface area contributed by atoms with Crippen LogP contribution in [0.2, 0.25) is 0 Å². The van der Waals surface area contributed by atoms with Gasteiger partial charge in [0.05, 0.1) is 17.3 Å². The van der Waals surface area contributed by atoms with Crippen LogP contribution in [0.4, 0.5) is 0 Å². The fourth-order valence-electron chi connectivity index (χ4n) is 3.16. The third-order valence-corrected chi connectivity index (χ3v) is 4.72. The molecule has 0 amide bonds. The van der Waals surface area contributed by atoms with Crippen molar-refractivity contribution in [1.82, 2.24) is 24.8 Å². The van der Waals surface area contributed by atoms with Gasteiger partial charge in [-0.15, -0.1) is 0 Å². The number of fused-ring (bicyclic) bond motifs is 1. The Morgan fingerprint density at radius 2 is 2.32 bits per heavy atom. The summed E-state index contributed by atoms with van der Waals surface area (Å²) in [6.45, 7) is 3.24. The van der Waals surface area contributed by atoms with Crippen LogP contribution in [-0.4, -0.2) is 50.6 Å². The normalized spacial score (nSPS) is 26.0. The molecule has 2 saturated heterocycles. The summed E-state index contributed by atoms with van der Waals surface area (Å²) < 4.78 is 14.0. The zero-order valence-electron chi connectivity index (χ0n) is 12.2. The molecule has 2 fully saturated rings. The van der Waals surface area contributed by atoms with Crippen LogP contribution in [0.1, 0.15) is 37.1 Å². The van der Waals surface area contributed by atoms with E-state index in [0.29, 0.717) is 24.3 Å². The molecule has 22 heavy (non-hydrogen) atoms. The summed E-state index contributed by atoms with van der Waals surface area (Å²) in [7, 11) is 0. The van der Waals surface area contributed by atoms with Gasteiger partial charge in [-0.1, -0.05) is 11.6 Å². The first-order valence-electron chi connectivity index (χ1n) is 7.64. The van der Waals surface area contributed by atoms with Crippen LogP contribution in [0.3, 0.4) is 0 Å². The quantitative estimate of drug-likeness (QED) is 0.826. The molecule has 0 aromatic carbocycles. The monoisotopic (exact) mass is 367 g/mol. The SMILES string of the molecule is Brc1cnn(Cc2nc([C@H]3CN4CCCCC4CO3)no2)c1. The molecule has 2 aliphatic heterocycles. The molecule has 0 N–H and O–H groups in total. The van der Waals surface area contributed by atoms with E-state index in [1.54, 1.807) is 10.9 Å². The largest absolute Gasteiger partial charge is 0.367 e. The molecular weight excluding hydrogens is 350 g/mol. The Morgan fingerprint density at radius 1 is 1.36 bits per heavy atom. The van der Waals surface area contributed by atoms with Crippen molar-refractivity contribution in [2.45, 2.75) is 38.0 Å². The van der Waals surface area contributed by atoms with E-state index in [-0.39, 0.29) is 6.10 Å².